The zero-order valence-corrected chi connectivity index (χ0v) is 24.3. The summed E-state index contributed by atoms with van der Waals surface area (Å²) < 4.78 is 8.57. The van der Waals surface area contributed by atoms with E-state index in [1.807, 2.05) is 36.4 Å². The van der Waals surface area contributed by atoms with Crippen LogP contribution in [0.1, 0.15) is 0 Å². The Bertz CT molecular complexity index is 2260. The summed E-state index contributed by atoms with van der Waals surface area (Å²) in [5.74, 6) is 1.43. The minimum atomic E-state index is 0.574. The van der Waals surface area contributed by atoms with Crippen LogP contribution in [0.2, 0.25) is 0 Å². The fourth-order valence-electron chi connectivity index (χ4n) is 6.03. The predicted molar refractivity (Wildman–Crippen MR) is 178 cm³/mol. The van der Waals surface area contributed by atoms with E-state index in [0.717, 1.165) is 61.8 Å². The number of anilines is 3. The van der Waals surface area contributed by atoms with Gasteiger partial charge in [0.1, 0.15) is 11.3 Å². The van der Waals surface area contributed by atoms with E-state index in [9.17, 15) is 0 Å². The SMILES string of the molecule is c1ccc(-n2c(-c3cc(-c4nc5ccccc5o4)cc(N4c5ccccc5Sc5ccccc54)c3)nc3ccccc32)cc1. The first-order valence-corrected chi connectivity index (χ1v) is 15.3. The number of aromatic nitrogens is 3. The van der Waals surface area contributed by atoms with Crippen molar-refractivity contribution < 1.29 is 4.42 Å². The highest BCUT2D eigenvalue weighted by molar-refractivity contribution is 7.99. The monoisotopic (exact) mass is 584 g/mol. The van der Waals surface area contributed by atoms with E-state index in [1.54, 1.807) is 11.8 Å². The van der Waals surface area contributed by atoms with Crippen molar-refractivity contribution in [2.24, 2.45) is 0 Å². The molecule has 0 unspecified atom stereocenters. The van der Waals surface area contributed by atoms with Crippen LogP contribution >= 0.6 is 11.8 Å². The summed E-state index contributed by atoms with van der Waals surface area (Å²) >= 11 is 1.80. The normalized spacial score (nSPS) is 12.4. The van der Waals surface area contributed by atoms with Crippen molar-refractivity contribution in [1.82, 2.24) is 14.5 Å². The van der Waals surface area contributed by atoms with Gasteiger partial charge in [0, 0.05) is 32.3 Å². The van der Waals surface area contributed by atoms with Gasteiger partial charge in [0.2, 0.25) is 5.89 Å². The molecule has 6 heteroatoms. The molecule has 0 saturated carbocycles. The lowest BCUT2D eigenvalue weighted by Crippen LogP contribution is -2.15. The van der Waals surface area contributed by atoms with Crippen LogP contribution in [0.15, 0.2) is 160 Å². The minimum Gasteiger partial charge on any atom is -0.436 e. The summed E-state index contributed by atoms with van der Waals surface area (Å²) in [5, 5.41) is 0. The average Bonchev–Trinajstić information content (AvgIpc) is 3.70. The van der Waals surface area contributed by atoms with Crippen LogP contribution < -0.4 is 4.90 Å². The molecule has 0 radical (unpaired) electrons. The molecule has 6 aromatic carbocycles. The summed E-state index contributed by atoms with van der Waals surface area (Å²) in [4.78, 5) is 14.9. The number of nitrogens with zero attached hydrogens (tertiary/aromatic N) is 4. The highest BCUT2D eigenvalue weighted by atomic mass is 32.2. The van der Waals surface area contributed by atoms with Crippen LogP contribution in [0.3, 0.4) is 0 Å². The molecule has 208 valence electrons. The lowest BCUT2D eigenvalue weighted by molar-refractivity contribution is 0.620. The first-order chi connectivity index (χ1) is 21.8. The molecule has 9 rings (SSSR count). The summed E-state index contributed by atoms with van der Waals surface area (Å²) in [6, 6.07) is 50.3. The molecule has 0 aliphatic carbocycles. The van der Waals surface area contributed by atoms with Crippen molar-refractivity contribution in [2.75, 3.05) is 4.90 Å². The highest BCUT2D eigenvalue weighted by Gasteiger charge is 2.26. The first kappa shape index (κ1) is 25.0. The second kappa shape index (κ2) is 10.0. The van der Waals surface area contributed by atoms with Gasteiger partial charge in [-0.05, 0) is 78.9 Å². The lowest BCUT2D eigenvalue weighted by Gasteiger charge is -2.33. The maximum absolute atomic E-state index is 6.34. The minimum absolute atomic E-state index is 0.574. The molecule has 8 aromatic rings. The fourth-order valence-corrected chi connectivity index (χ4v) is 7.09. The number of imidazole rings is 1. The van der Waals surface area contributed by atoms with E-state index in [2.05, 4.69) is 119 Å². The summed E-state index contributed by atoms with van der Waals surface area (Å²) in [6.45, 7) is 0. The number of fused-ring (bicyclic) bond motifs is 4. The molecule has 1 aliphatic rings. The Hall–Kier alpha value is -5.59. The van der Waals surface area contributed by atoms with Crippen molar-refractivity contribution >= 4 is 51.0 Å². The molecule has 0 N–H and O–H groups in total. The highest BCUT2D eigenvalue weighted by Crippen LogP contribution is 2.52. The van der Waals surface area contributed by atoms with Gasteiger partial charge >= 0.3 is 0 Å². The van der Waals surface area contributed by atoms with Crippen molar-refractivity contribution in [1.29, 1.82) is 0 Å². The van der Waals surface area contributed by atoms with Gasteiger partial charge in [-0.1, -0.05) is 78.5 Å². The third-order valence-corrected chi connectivity index (χ3v) is 9.11. The van der Waals surface area contributed by atoms with Gasteiger partial charge in [-0.3, -0.25) is 4.57 Å². The van der Waals surface area contributed by atoms with E-state index in [4.69, 9.17) is 14.4 Å². The van der Waals surface area contributed by atoms with Crippen LogP contribution in [0.25, 0.3) is 50.7 Å². The largest absolute Gasteiger partial charge is 0.436 e. The number of rotatable bonds is 4. The molecule has 5 nitrogen and oxygen atoms in total. The van der Waals surface area contributed by atoms with E-state index in [1.165, 1.54) is 9.79 Å². The van der Waals surface area contributed by atoms with Gasteiger partial charge in [0.15, 0.2) is 5.58 Å². The van der Waals surface area contributed by atoms with Crippen LogP contribution in [0.4, 0.5) is 17.1 Å². The molecule has 2 aromatic heterocycles. The Kier molecular flexibility index (Phi) is 5.67. The molecule has 0 fully saturated rings. The quantitative estimate of drug-likeness (QED) is 0.206. The van der Waals surface area contributed by atoms with E-state index < -0.39 is 0 Å². The lowest BCUT2D eigenvalue weighted by atomic mass is 10.1. The number of para-hydroxylation sites is 7. The molecular formula is C38H24N4OS. The smallest absolute Gasteiger partial charge is 0.227 e. The summed E-state index contributed by atoms with van der Waals surface area (Å²) in [7, 11) is 0. The topological polar surface area (TPSA) is 47.1 Å². The van der Waals surface area contributed by atoms with Gasteiger partial charge in [-0.25, -0.2) is 9.97 Å². The zero-order valence-electron chi connectivity index (χ0n) is 23.5. The zero-order chi connectivity index (χ0) is 29.0. The predicted octanol–water partition coefficient (Wildman–Crippen LogP) is 10.4. The Morgan fingerprint density at radius 1 is 0.523 bits per heavy atom. The fraction of sp³-hybridized carbons (Fsp3) is 0. The first-order valence-electron chi connectivity index (χ1n) is 14.5. The third kappa shape index (κ3) is 4.03. The molecule has 44 heavy (non-hydrogen) atoms. The molecule has 0 spiro atoms. The molecule has 3 heterocycles. The van der Waals surface area contributed by atoms with Crippen molar-refractivity contribution in [3.05, 3.63) is 146 Å². The number of benzene rings is 6. The molecule has 1 aliphatic heterocycles. The Morgan fingerprint density at radius 3 is 1.93 bits per heavy atom. The number of hydrogen-bond donors (Lipinski definition) is 0. The Labute approximate surface area is 258 Å². The van der Waals surface area contributed by atoms with E-state index in [0.29, 0.717) is 5.89 Å². The van der Waals surface area contributed by atoms with Crippen LogP contribution in [-0.2, 0) is 0 Å². The maximum atomic E-state index is 6.34. The molecule has 0 saturated heterocycles. The average molecular weight is 585 g/mol. The molecule has 0 amide bonds. The van der Waals surface area contributed by atoms with Crippen LogP contribution in [0, 0.1) is 0 Å². The third-order valence-electron chi connectivity index (χ3n) is 7.98. The van der Waals surface area contributed by atoms with Gasteiger partial charge in [0.05, 0.1) is 22.4 Å². The van der Waals surface area contributed by atoms with Crippen molar-refractivity contribution in [3.63, 3.8) is 0 Å². The van der Waals surface area contributed by atoms with Gasteiger partial charge < -0.3 is 9.32 Å². The van der Waals surface area contributed by atoms with Gasteiger partial charge in [-0.2, -0.15) is 0 Å². The molecule has 0 bridgehead atoms. The molecule has 0 atom stereocenters. The van der Waals surface area contributed by atoms with Crippen molar-refractivity contribution in [3.8, 4) is 28.5 Å². The van der Waals surface area contributed by atoms with Crippen molar-refractivity contribution in [2.45, 2.75) is 9.79 Å². The second-order valence-electron chi connectivity index (χ2n) is 10.7. The van der Waals surface area contributed by atoms with Crippen LogP contribution in [-0.4, -0.2) is 14.5 Å². The van der Waals surface area contributed by atoms with Gasteiger partial charge in [0.25, 0.3) is 0 Å². The molecular weight excluding hydrogens is 561 g/mol. The maximum Gasteiger partial charge on any atom is 0.227 e. The standard InChI is InChI=1S/C38H24N4OS/c1-2-12-27(13-3-1)42-31-16-6-4-14-29(31)39-37(42)25-22-26(38-40-30-15-5-9-19-34(30)43-38)24-28(23-25)41-32-17-7-10-20-35(32)44-36-21-11-8-18-33(36)41/h1-24H. The van der Waals surface area contributed by atoms with E-state index in [-0.39, 0.29) is 0 Å². The Balaban J connectivity index is 1.34. The number of hydrogen-bond acceptors (Lipinski definition) is 5. The van der Waals surface area contributed by atoms with Crippen LogP contribution in [0.5, 0.6) is 0 Å². The number of oxazole rings is 1. The second-order valence-corrected chi connectivity index (χ2v) is 11.8. The summed E-state index contributed by atoms with van der Waals surface area (Å²) in [6.07, 6.45) is 0. The Morgan fingerprint density at radius 2 is 1.16 bits per heavy atom. The van der Waals surface area contributed by atoms with E-state index >= 15 is 0 Å². The van der Waals surface area contributed by atoms with Gasteiger partial charge in [-0.15, -0.1) is 0 Å². The summed E-state index contributed by atoms with van der Waals surface area (Å²) in [5.41, 5.74) is 9.75.